The fraction of sp³-hybridized carbons (Fsp3) is 0.650. The van der Waals surface area contributed by atoms with Gasteiger partial charge in [-0.3, -0.25) is 19.8 Å². The summed E-state index contributed by atoms with van der Waals surface area (Å²) in [5, 5.41) is 11.3. The van der Waals surface area contributed by atoms with Crippen LogP contribution in [0.1, 0.15) is 19.3 Å². The zero-order chi connectivity index (χ0) is 19.5. The van der Waals surface area contributed by atoms with Crippen LogP contribution in [-0.2, 0) is 4.79 Å². The maximum absolute atomic E-state index is 13.0. The summed E-state index contributed by atoms with van der Waals surface area (Å²) >= 11 is 2.04. The van der Waals surface area contributed by atoms with E-state index in [4.69, 9.17) is 0 Å². The van der Waals surface area contributed by atoms with E-state index in [2.05, 4.69) is 9.80 Å². The molecule has 0 saturated carbocycles. The van der Waals surface area contributed by atoms with E-state index in [9.17, 15) is 14.9 Å². The molecule has 1 aromatic carbocycles. The molecule has 0 spiro atoms. The summed E-state index contributed by atoms with van der Waals surface area (Å²) < 4.78 is 0. The lowest BCUT2D eigenvalue weighted by Crippen LogP contribution is -2.54. The molecule has 7 nitrogen and oxygen atoms in total. The number of piperazine rings is 1. The highest BCUT2D eigenvalue weighted by atomic mass is 32.2. The molecule has 3 saturated heterocycles. The molecule has 0 aromatic heterocycles. The Morgan fingerprint density at radius 1 is 1.04 bits per heavy atom. The number of benzene rings is 1. The molecule has 1 atom stereocenters. The molecule has 1 unspecified atom stereocenters. The van der Waals surface area contributed by atoms with Gasteiger partial charge in [-0.15, -0.1) is 0 Å². The maximum atomic E-state index is 13.0. The van der Waals surface area contributed by atoms with Gasteiger partial charge in [-0.05, 0) is 31.1 Å². The largest absolute Gasteiger partial charge is 0.366 e. The molecule has 3 aliphatic rings. The summed E-state index contributed by atoms with van der Waals surface area (Å²) in [4.78, 5) is 30.6. The molecule has 8 heteroatoms. The van der Waals surface area contributed by atoms with Crippen LogP contribution in [0.25, 0.3) is 0 Å². The number of carbonyl (C=O) groups excluding carboxylic acids is 1. The first-order chi connectivity index (χ1) is 13.6. The van der Waals surface area contributed by atoms with Gasteiger partial charge >= 0.3 is 0 Å². The van der Waals surface area contributed by atoms with Crippen molar-refractivity contribution in [3.05, 3.63) is 34.4 Å². The maximum Gasteiger partial charge on any atom is 0.292 e. The number of amides is 1. The Labute approximate surface area is 170 Å². The molecular formula is C20H28N4O3S. The molecule has 0 N–H and O–H groups in total. The molecule has 3 heterocycles. The zero-order valence-corrected chi connectivity index (χ0v) is 17.0. The molecule has 0 bridgehead atoms. The number of hydrogen-bond acceptors (Lipinski definition) is 6. The fourth-order valence-electron chi connectivity index (χ4n) is 4.63. The summed E-state index contributed by atoms with van der Waals surface area (Å²) in [5.74, 6) is 2.83. The van der Waals surface area contributed by atoms with Gasteiger partial charge in [0.25, 0.3) is 5.69 Å². The summed E-state index contributed by atoms with van der Waals surface area (Å²) in [6, 6.07) is 7.59. The van der Waals surface area contributed by atoms with E-state index in [1.54, 1.807) is 18.2 Å². The predicted octanol–water partition coefficient (Wildman–Crippen LogP) is 2.46. The van der Waals surface area contributed by atoms with Crippen LogP contribution in [-0.4, -0.2) is 77.4 Å². The molecule has 3 fully saturated rings. The molecule has 4 rings (SSSR count). The third kappa shape index (κ3) is 4.12. The Morgan fingerprint density at radius 2 is 1.75 bits per heavy atom. The third-order valence-electron chi connectivity index (χ3n) is 6.31. The van der Waals surface area contributed by atoms with E-state index in [-0.39, 0.29) is 22.4 Å². The fourth-order valence-corrected chi connectivity index (χ4v) is 5.88. The van der Waals surface area contributed by atoms with Crippen molar-refractivity contribution < 1.29 is 9.72 Å². The molecule has 1 amide bonds. The highest BCUT2D eigenvalue weighted by Gasteiger charge is 2.33. The number of hydrogen-bond donors (Lipinski definition) is 0. The molecule has 0 aliphatic carbocycles. The van der Waals surface area contributed by atoms with E-state index in [1.807, 2.05) is 22.7 Å². The van der Waals surface area contributed by atoms with Crippen LogP contribution in [0.15, 0.2) is 24.3 Å². The van der Waals surface area contributed by atoms with Crippen molar-refractivity contribution in [1.29, 1.82) is 0 Å². The van der Waals surface area contributed by atoms with Crippen molar-refractivity contribution in [2.75, 3.05) is 55.7 Å². The number of anilines is 1. The van der Waals surface area contributed by atoms with Gasteiger partial charge in [0.15, 0.2) is 0 Å². The minimum atomic E-state index is -0.324. The average molecular weight is 405 g/mol. The Hall–Kier alpha value is -1.80. The normalized spacial score (nSPS) is 24.5. The Morgan fingerprint density at radius 3 is 2.39 bits per heavy atom. The summed E-state index contributed by atoms with van der Waals surface area (Å²) in [6.45, 7) is 5.05. The first kappa shape index (κ1) is 19.5. The van der Waals surface area contributed by atoms with Crippen LogP contribution < -0.4 is 4.90 Å². The van der Waals surface area contributed by atoms with Gasteiger partial charge in [0.1, 0.15) is 5.69 Å². The predicted molar refractivity (Wildman–Crippen MR) is 112 cm³/mol. The lowest BCUT2D eigenvalue weighted by atomic mass is 9.94. The average Bonchev–Trinajstić information content (AvgIpc) is 3.28. The summed E-state index contributed by atoms with van der Waals surface area (Å²) in [6.07, 6.45) is 2.82. The second-order valence-electron chi connectivity index (χ2n) is 7.89. The second-order valence-corrected chi connectivity index (χ2v) is 9.04. The van der Waals surface area contributed by atoms with Crippen LogP contribution in [0.2, 0.25) is 0 Å². The monoisotopic (exact) mass is 404 g/mol. The first-order valence-electron chi connectivity index (χ1n) is 10.2. The highest BCUT2D eigenvalue weighted by Crippen LogP contribution is 2.32. The van der Waals surface area contributed by atoms with Gasteiger partial charge in [-0.2, -0.15) is 11.8 Å². The third-order valence-corrected chi connectivity index (χ3v) is 7.46. The number of rotatable bonds is 4. The van der Waals surface area contributed by atoms with Crippen molar-refractivity contribution >= 4 is 29.0 Å². The highest BCUT2D eigenvalue weighted by molar-refractivity contribution is 7.99. The Balaban J connectivity index is 1.29. The molecule has 28 heavy (non-hydrogen) atoms. The van der Waals surface area contributed by atoms with E-state index in [1.165, 1.54) is 17.9 Å². The van der Waals surface area contributed by atoms with Crippen LogP contribution in [0, 0.1) is 16.0 Å². The van der Waals surface area contributed by atoms with Gasteiger partial charge in [0.05, 0.1) is 4.92 Å². The van der Waals surface area contributed by atoms with E-state index in [0.29, 0.717) is 24.8 Å². The van der Waals surface area contributed by atoms with Gasteiger partial charge in [-0.25, -0.2) is 0 Å². The van der Waals surface area contributed by atoms with Gasteiger partial charge in [0.2, 0.25) is 5.91 Å². The van der Waals surface area contributed by atoms with E-state index >= 15 is 0 Å². The van der Waals surface area contributed by atoms with Crippen molar-refractivity contribution in [3.8, 4) is 0 Å². The van der Waals surface area contributed by atoms with Gasteiger partial charge in [-0.1, -0.05) is 12.1 Å². The lowest BCUT2D eigenvalue weighted by molar-refractivity contribution is -0.384. The molecule has 0 radical (unpaired) electrons. The zero-order valence-electron chi connectivity index (χ0n) is 16.2. The number of thioether (sulfide) groups is 1. The van der Waals surface area contributed by atoms with Crippen molar-refractivity contribution in [3.63, 3.8) is 0 Å². The minimum Gasteiger partial charge on any atom is -0.366 e. The number of nitrogens with zero attached hydrogens (tertiary/aromatic N) is 4. The molecule has 1 aromatic rings. The van der Waals surface area contributed by atoms with Gasteiger partial charge < -0.3 is 9.80 Å². The van der Waals surface area contributed by atoms with Crippen LogP contribution in [0.5, 0.6) is 0 Å². The number of nitro groups is 1. The number of nitro benzene ring substituents is 1. The Kier molecular flexibility index (Phi) is 6.06. The van der Waals surface area contributed by atoms with E-state index in [0.717, 1.165) is 39.0 Å². The van der Waals surface area contributed by atoms with Crippen LogP contribution in [0.3, 0.4) is 0 Å². The summed E-state index contributed by atoms with van der Waals surface area (Å²) in [5.41, 5.74) is 0.815. The van der Waals surface area contributed by atoms with Crippen molar-refractivity contribution in [1.82, 2.24) is 9.80 Å². The van der Waals surface area contributed by atoms with Crippen molar-refractivity contribution in [2.45, 2.75) is 25.3 Å². The number of piperidine rings is 1. The van der Waals surface area contributed by atoms with Crippen molar-refractivity contribution in [2.24, 2.45) is 5.92 Å². The smallest absolute Gasteiger partial charge is 0.292 e. The minimum absolute atomic E-state index is 0.0487. The van der Waals surface area contributed by atoms with E-state index < -0.39 is 0 Å². The first-order valence-corrected chi connectivity index (χ1v) is 11.4. The standard InChI is InChI=1S/C20H28N4O3S/c25-20(23-12-10-21(11-13-23)17-7-14-28-15-17)16-5-8-22(9-6-16)18-3-1-2-4-19(18)24(26)27/h1-4,16-17H,5-15H2. The van der Waals surface area contributed by atoms with Gasteiger partial charge in [0, 0.05) is 63.0 Å². The topological polar surface area (TPSA) is 69.9 Å². The number of para-hydroxylation sites is 2. The second kappa shape index (κ2) is 8.69. The summed E-state index contributed by atoms with van der Waals surface area (Å²) in [7, 11) is 0. The quantitative estimate of drug-likeness (QED) is 0.567. The SMILES string of the molecule is O=C(C1CCN(c2ccccc2[N+](=O)[O-])CC1)N1CCN(C2CCSC2)CC1. The molecule has 152 valence electrons. The van der Waals surface area contributed by atoms with Crippen LogP contribution in [0.4, 0.5) is 11.4 Å². The lowest BCUT2D eigenvalue weighted by Gasteiger charge is -2.40. The molecular weight excluding hydrogens is 376 g/mol. The van der Waals surface area contributed by atoms with Crippen LogP contribution >= 0.6 is 11.8 Å². The Bertz CT molecular complexity index is 709. The molecule has 3 aliphatic heterocycles. The number of carbonyl (C=O) groups is 1.